The molecule has 2 amide bonds. The third-order valence-corrected chi connectivity index (χ3v) is 5.28. The molecule has 2 atom stereocenters. The Hall–Kier alpha value is -2.93. The van der Waals surface area contributed by atoms with Crippen molar-refractivity contribution in [2.45, 2.75) is 25.7 Å². The molecule has 2 aromatic rings. The summed E-state index contributed by atoms with van der Waals surface area (Å²) in [5, 5.41) is 14.6. The first-order valence-electron chi connectivity index (χ1n) is 9.25. The molecule has 0 heterocycles. The van der Waals surface area contributed by atoms with E-state index >= 15 is 0 Å². The van der Waals surface area contributed by atoms with E-state index in [0.29, 0.717) is 24.2 Å². The number of anilines is 2. The fourth-order valence-corrected chi connectivity index (χ4v) is 3.67. The van der Waals surface area contributed by atoms with Crippen molar-refractivity contribution >= 4 is 40.8 Å². The van der Waals surface area contributed by atoms with Crippen LogP contribution in [0.15, 0.2) is 42.5 Å². The minimum absolute atomic E-state index is 0.107. The van der Waals surface area contributed by atoms with E-state index in [1.165, 1.54) is 18.2 Å². The second kappa shape index (κ2) is 9.05. The van der Waals surface area contributed by atoms with Crippen LogP contribution in [0.4, 0.5) is 15.8 Å². The second-order valence-electron chi connectivity index (χ2n) is 6.99. The van der Waals surface area contributed by atoms with E-state index in [-0.39, 0.29) is 16.5 Å². The van der Waals surface area contributed by atoms with Crippen LogP contribution in [0.5, 0.6) is 0 Å². The highest BCUT2D eigenvalue weighted by atomic mass is 35.5. The Bertz CT molecular complexity index is 950. The number of carboxylic acids is 1. The lowest BCUT2D eigenvalue weighted by Crippen LogP contribution is -2.36. The lowest BCUT2D eigenvalue weighted by molar-refractivity contribution is -0.147. The largest absolute Gasteiger partial charge is 0.481 e. The molecule has 152 valence electrons. The standard InChI is InChI=1S/C21H20ClFN2O4/c22-17-11-14(8-9-18(17)23)24-19(26)12-4-3-5-13(10-12)25-20(27)15-6-1-2-7-16(15)21(28)29/h3-5,8-11,15-16H,1-2,6-7H2,(H,24,26)(H,25,27)(H,28,29). The van der Waals surface area contributed by atoms with Gasteiger partial charge in [-0.3, -0.25) is 14.4 Å². The summed E-state index contributed by atoms with van der Waals surface area (Å²) >= 11 is 5.72. The number of carbonyl (C=O) groups is 3. The van der Waals surface area contributed by atoms with Gasteiger partial charge >= 0.3 is 5.97 Å². The molecule has 29 heavy (non-hydrogen) atoms. The molecule has 2 aromatic carbocycles. The predicted molar refractivity (Wildman–Crippen MR) is 108 cm³/mol. The van der Waals surface area contributed by atoms with Crippen molar-refractivity contribution < 1.29 is 23.9 Å². The number of amides is 2. The van der Waals surface area contributed by atoms with E-state index in [4.69, 9.17) is 11.6 Å². The van der Waals surface area contributed by atoms with Gasteiger partial charge in [0.25, 0.3) is 5.91 Å². The van der Waals surface area contributed by atoms with Crippen LogP contribution in [0.2, 0.25) is 5.02 Å². The van der Waals surface area contributed by atoms with Gasteiger partial charge in [0, 0.05) is 16.9 Å². The fraction of sp³-hybridized carbons (Fsp3) is 0.286. The Morgan fingerprint density at radius 3 is 2.34 bits per heavy atom. The summed E-state index contributed by atoms with van der Waals surface area (Å²) in [7, 11) is 0. The molecule has 1 aliphatic carbocycles. The molecule has 0 aliphatic heterocycles. The zero-order valence-corrected chi connectivity index (χ0v) is 16.2. The van der Waals surface area contributed by atoms with Crippen LogP contribution in [0.1, 0.15) is 36.0 Å². The molecule has 8 heteroatoms. The Labute approximate surface area is 172 Å². The van der Waals surface area contributed by atoms with Gasteiger partial charge in [-0.05, 0) is 49.2 Å². The molecule has 0 spiro atoms. The number of hydrogen-bond donors (Lipinski definition) is 3. The lowest BCUT2D eigenvalue weighted by Gasteiger charge is -2.27. The van der Waals surface area contributed by atoms with Crippen LogP contribution in [0, 0.1) is 17.7 Å². The molecule has 1 fully saturated rings. The van der Waals surface area contributed by atoms with E-state index in [2.05, 4.69) is 10.6 Å². The van der Waals surface area contributed by atoms with Gasteiger partial charge in [0.2, 0.25) is 5.91 Å². The monoisotopic (exact) mass is 418 g/mol. The van der Waals surface area contributed by atoms with Gasteiger partial charge in [-0.2, -0.15) is 0 Å². The summed E-state index contributed by atoms with van der Waals surface area (Å²) in [6, 6.07) is 10.1. The molecular formula is C21H20ClFN2O4. The van der Waals surface area contributed by atoms with Gasteiger partial charge in [0.15, 0.2) is 0 Å². The van der Waals surface area contributed by atoms with Gasteiger partial charge in [-0.1, -0.05) is 30.5 Å². The highest BCUT2D eigenvalue weighted by molar-refractivity contribution is 6.31. The number of aliphatic carboxylic acids is 1. The molecule has 1 aliphatic rings. The van der Waals surface area contributed by atoms with Crippen molar-refractivity contribution in [2.75, 3.05) is 10.6 Å². The number of hydrogen-bond acceptors (Lipinski definition) is 3. The number of halogens is 2. The Balaban J connectivity index is 1.70. The average molecular weight is 419 g/mol. The third kappa shape index (κ3) is 5.12. The first kappa shape index (κ1) is 20.8. The van der Waals surface area contributed by atoms with E-state index < -0.39 is 29.5 Å². The predicted octanol–water partition coefficient (Wildman–Crippen LogP) is 4.56. The molecule has 0 bridgehead atoms. The number of benzene rings is 2. The Kier molecular flexibility index (Phi) is 6.49. The fourth-order valence-electron chi connectivity index (χ4n) is 3.49. The first-order valence-corrected chi connectivity index (χ1v) is 9.63. The quantitative estimate of drug-likeness (QED) is 0.663. The highest BCUT2D eigenvalue weighted by Gasteiger charge is 2.35. The maximum absolute atomic E-state index is 13.2. The summed E-state index contributed by atoms with van der Waals surface area (Å²) in [6.07, 6.45) is 2.61. The summed E-state index contributed by atoms with van der Waals surface area (Å²) < 4.78 is 13.2. The summed E-state index contributed by atoms with van der Waals surface area (Å²) in [5.41, 5.74) is 1.01. The zero-order valence-electron chi connectivity index (χ0n) is 15.5. The molecule has 3 N–H and O–H groups in total. The number of rotatable bonds is 5. The van der Waals surface area contributed by atoms with Crippen molar-refractivity contribution in [1.29, 1.82) is 0 Å². The molecule has 0 radical (unpaired) electrons. The van der Waals surface area contributed by atoms with E-state index in [9.17, 15) is 23.9 Å². The van der Waals surface area contributed by atoms with Crippen molar-refractivity contribution in [3.05, 3.63) is 58.9 Å². The van der Waals surface area contributed by atoms with Crippen LogP contribution in [-0.4, -0.2) is 22.9 Å². The highest BCUT2D eigenvalue weighted by Crippen LogP contribution is 2.31. The number of carboxylic acid groups (broad SMARTS) is 1. The van der Waals surface area contributed by atoms with Crippen LogP contribution in [0.25, 0.3) is 0 Å². The van der Waals surface area contributed by atoms with Crippen molar-refractivity contribution in [2.24, 2.45) is 11.8 Å². The summed E-state index contributed by atoms with van der Waals surface area (Å²) in [5.74, 6) is -3.66. The van der Waals surface area contributed by atoms with Crippen molar-refractivity contribution in [1.82, 2.24) is 0 Å². The molecule has 2 unspecified atom stereocenters. The van der Waals surface area contributed by atoms with Crippen molar-refractivity contribution in [3.8, 4) is 0 Å². The molecular weight excluding hydrogens is 399 g/mol. The molecule has 0 aromatic heterocycles. The van der Waals surface area contributed by atoms with E-state index in [1.54, 1.807) is 18.2 Å². The van der Waals surface area contributed by atoms with Gasteiger partial charge in [0.05, 0.1) is 16.9 Å². The first-order chi connectivity index (χ1) is 13.8. The second-order valence-corrected chi connectivity index (χ2v) is 7.40. The van der Waals surface area contributed by atoms with Gasteiger partial charge in [-0.25, -0.2) is 4.39 Å². The van der Waals surface area contributed by atoms with E-state index in [1.807, 2.05) is 0 Å². The zero-order chi connectivity index (χ0) is 21.0. The smallest absolute Gasteiger partial charge is 0.307 e. The van der Waals surface area contributed by atoms with Crippen LogP contribution < -0.4 is 10.6 Å². The molecule has 0 saturated heterocycles. The van der Waals surface area contributed by atoms with Crippen LogP contribution >= 0.6 is 11.6 Å². The van der Waals surface area contributed by atoms with Gasteiger partial charge in [0.1, 0.15) is 5.82 Å². The average Bonchev–Trinajstić information content (AvgIpc) is 2.71. The summed E-state index contributed by atoms with van der Waals surface area (Å²) in [4.78, 5) is 36.5. The molecule has 3 rings (SSSR count). The molecule has 1 saturated carbocycles. The number of carbonyl (C=O) groups excluding carboxylic acids is 2. The number of nitrogens with one attached hydrogen (secondary N) is 2. The van der Waals surface area contributed by atoms with Gasteiger partial charge in [-0.15, -0.1) is 0 Å². The minimum atomic E-state index is -0.962. The van der Waals surface area contributed by atoms with Gasteiger partial charge < -0.3 is 15.7 Å². The Morgan fingerprint density at radius 1 is 0.966 bits per heavy atom. The van der Waals surface area contributed by atoms with Crippen LogP contribution in [0.3, 0.4) is 0 Å². The normalized spacial score (nSPS) is 18.7. The minimum Gasteiger partial charge on any atom is -0.481 e. The third-order valence-electron chi connectivity index (χ3n) is 4.99. The van der Waals surface area contributed by atoms with Crippen molar-refractivity contribution in [3.63, 3.8) is 0 Å². The SMILES string of the molecule is O=C(Nc1ccc(F)c(Cl)c1)c1cccc(NC(=O)C2CCCCC2C(=O)O)c1. The lowest BCUT2D eigenvalue weighted by atomic mass is 9.78. The maximum Gasteiger partial charge on any atom is 0.307 e. The van der Waals surface area contributed by atoms with E-state index in [0.717, 1.165) is 18.9 Å². The van der Waals surface area contributed by atoms with Crippen LogP contribution in [-0.2, 0) is 9.59 Å². The Morgan fingerprint density at radius 2 is 1.66 bits per heavy atom. The summed E-state index contributed by atoms with van der Waals surface area (Å²) in [6.45, 7) is 0. The topological polar surface area (TPSA) is 95.5 Å². The molecule has 6 nitrogen and oxygen atoms in total. The maximum atomic E-state index is 13.2.